The zero-order valence-electron chi connectivity index (χ0n) is 8.93. The highest BCUT2D eigenvalue weighted by atomic mass is 79.9. The van der Waals surface area contributed by atoms with E-state index in [4.69, 9.17) is 10.00 Å². The Bertz CT molecular complexity index is 546. The second-order valence-corrected chi connectivity index (χ2v) is 4.33. The summed E-state index contributed by atoms with van der Waals surface area (Å²) in [5, 5.41) is 8.61. The third-order valence-electron chi connectivity index (χ3n) is 2.15. The van der Waals surface area contributed by atoms with Gasteiger partial charge in [-0.1, -0.05) is 28.1 Å². The molecule has 0 atom stereocenters. The van der Waals surface area contributed by atoms with Crippen LogP contribution in [0.5, 0.6) is 5.75 Å². The van der Waals surface area contributed by atoms with Gasteiger partial charge in [-0.3, -0.25) is 0 Å². The van der Waals surface area contributed by atoms with Gasteiger partial charge in [-0.05, 0) is 29.8 Å². The molecular weight excluding hydrogens is 280 g/mol. The van der Waals surface area contributed by atoms with Gasteiger partial charge in [-0.2, -0.15) is 5.26 Å². The highest BCUT2D eigenvalue weighted by molar-refractivity contribution is 9.10. The van der Waals surface area contributed by atoms with Gasteiger partial charge in [-0.25, -0.2) is 4.98 Å². The van der Waals surface area contributed by atoms with Crippen LogP contribution in [-0.2, 0) is 6.61 Å². The van der Waals surface area contributed by atoms with Gasteiger partial charge in [0, 0.05) is 4.47 Å². The average Bonchev–Trinajstić information content (AvgIpc) is 2.37. The van der Waals surface area contributed by atoms with Gasteiger partial charge in [-0.15, -0.1) is 0 Å². The van der Waals surface area contributed by atoms with Crippen molar-refractivity contribution in [3.05, 3.63) is 58.3 Å². The van der Waals surface area contributed by atoms with Gasteiger partial charge < -0.3 is 4.74 Å². The van der Waals surface area contributed by atoms with Crippen LogP contribution in [0.2, 0.25) is 0 Å². The molecule has 0 radical (unpaired) electrons. The molecule has 0 aliphatic rings. The highest BCUT2D eigenvalue weighted by Gasteiger charge is 1.98. The van der Waals surface area contributed by atoms with E-state index in [1.807, 2.05) is 30.3 Å². The van der Waals surface area contributed by atoms with Crippen molar-refractivity contribution in [2.24, 2.45) is 0 Å². The zero-order chi connectivity index (χ0) is 12.1. The van der Waals surface area contributed by atoms with E-state index >= 15 is 0 Å². The Hall–Kier alpha value is -1.86. The lowest BCUT2D eigenvalue weighted by atomic mass is 10.2. The molecular formula is C13H9BrN2O. The van der Waals surface area contributed by atoms with Crippen LogP contribution in [0.1, 0.15) is 11.3 Å². The van der Waals surface area contributed by atoms with Crippen molar-refractivity contribution in [3.63, 3.8) is 0 Å². The third-order valence-corrected chi connectivity index (χ3v) is 2.64. The molecule has 0 aliphatic carbocycles. The Kier molecular flexibility index (Phi) is 3.73. The normalized spacial score (nSPS) is 9.65. The van der Waals surface area contributed by atoms with Gasteiger partial charge in [0.1, 0.15) is 24.1 Å². The van der Waals surface area contributed by atoms with Crippen molar-refractivity contribution >= 4 is 15.9 Å². The third kappa shape index (κ3) is 3.30. The van der Waals surface area contributed by atoms with Crippen LogP contribution in [0.25, 0.3) is 0 Å². The molecule has 17 heavy (non-hydrogen) atoms. The van der Waals surface area contributed by atoms with E-state index in [0.29, 0.717) is 18.1 Å². The summed E-state index contributed by atoms with van der Waals surface area (Å²) in [6.45, 7) is 0.479. The van der Waals surface area contributed by atoms with Gasteiger partial charge in [0.2, 0.25) is 0 Å². The van der Waals surface area contributed by atoms with Crippen molar-refractivity contribution in [2.45, 2.75) is 6.61 Å². The minimum absolute atomic E-state index is 0.389. The van der Waals surface area contributed by atoms with Crippen molar-refractivity contribution in [2.75, 3.05) is 0 Å². The molecule has 0 saturated heterocycles. The fraction of sp³-hybridized carbons (Fsp3) is 0.0769. The van der Waals surface area contributed by atoms with Crippen molar-refractivity contribution in [3.8, 4) is 11.8 Å². The van der Waals surface area contributed by atoms with E-state index in [0.717, 1.165) is 10.0 Å². The van der Waals surface area contributed by atoms with Gasteiger partial charge in [0.05, 0.1) is 6.20 Å². The molecule has 0 aliphatic heterocycles. The van der Waals surface area contributed by atoms with E-state index < -0.39 is 0 Å². The summed E-state index contributed by atoms with van der Waals surface area (Å²) in [5.41, 5.74) is 1.46. The first-order valence-corrected chi connectivity index (χ1v) is 5.80. The minimum Gasteiger partial charge on any atom is -0.487 e. The number of hydrogen-bond donors (Lipinski definition) is 0. The van der Waals surface area contributed by atoms with Crippen molar-refractivity contribution in [1.82, 2.24) is 4.98 Å². The summed E-state index contributed by atoms with van der Waals surface area (Å²) in [6.07, 6.45) is 1.55. The van der Waals surface area contributed by atoms with Crippen LogP contribution in [0.3, 0.4) is 0 Å². The lowest BCUT2D eigenvalue weighted by Crippen LogP contribution is -1.96. The molecule has 0 N–H and O–H groups in total. The first kappa shape index (κ1) is 11.6. The quantitative estimate of drug-likeness (QED) is 0.871. The number of hydrogen-bond acceptors (Lipinski definition) is 3. The molecule has 0 spiro atoms. The SMILES string of the molecule is N#Cc1ccc(OCc2cccc(Br)c2)cn1. The van der Waals surface area contributed by atoms with E-state index in [2.05, 4.69) is 20.9 Å². The van der Waals surface area contributed by atoms with Crippen LogP contribution in [0.4, 0.5) is 0 Å². The molecule has 0 fully saturated rings. The van der Waals surface area contributed by atoms with E-state index in [-0.39, 0.29) is 0 Å². The number of halogens is 1. The number of nitrogens with zero attached hydrogens (tertiary/aromatic N) is 2. The molecule has 0 bridgehead atoms. The predicted octanol–water partition coefficient (Wildman–Crippen LogP) is 3.29. The smallest absolute Gasteiger partial charge is 0.140 e. The average molecular weight is 289 g/mol. The largest absolute Gasteiger partial charge is 0.487 e. The maximum atomic E-state index is 8.61. The van der Waals surface area contributed by atoms with Crippen LogP contribution >= 0.6 is 15.9 Å². The molecule has 1 heterocycles. The second-order valence-electron chi connectivity index (χ2n) is 3.41. The Labute approximate surface area is 108 Å². The fourth-order valence-corrected chi connectivity index (χ4v) is 1.77. The number of ether oxygens (including phenoxy) is 1. The topological polar surface area (TPSA) is 45.9 Å². The molecule has 2 aromatic rings. The summed E-state index contributed by atoms with van der Waals surface area (Å²) < 4.78 is 6.58. The standard InChI is InChI=1S/C13H9BrN2O/c14-11-3-1-2-10(6-11)9-17-13-5-4-12(7-15)16-8-13/h1-6,8H,9H2. The minimum atomic E-state index is 0.389. The molecule has 2 rings (SSSR count). The van der Waals surface area contributed by atoms with Crippen LogP contribution in [-0.4, -0.2) is 4.98 Å². The zero-order valence-corrected chi connectivity index (χ0v) is 10.5. The summed E-state index contributed by atoms with van der Waals surface area (Å²) in [6, 6.07) is 13.2. The second kappa shape index (κ2) is 5.46. The van der Waals surface area contributed by atoms with Gasteiger partial charge in [0.15, 0.2) is 0 Å². The van der Waals surface area contributed by atoms with Crippen LogP contribution in [0, 0.1) is 11.3 Å². The number of benzene rings is 1. The fourth-order valence-electron chi connectivity index (χ4n) is 1.33. The predicted molar refractivity (Wildman–Crippen MR) is 67.4 cm³/mol. The summed E-state index contributed by atoms with van der Waals surface area (Å²) in [4.78, 5) is 3.93. The lowest BCUT2D eigenvalue weighted by Gasteiger charge is -2.05. The van der Waals surface area contributed by atoms with Crippen LogP contribution < -0.4 is 4.74 Å². The molecule has 1 aromatic carbocycles. The Morgan fingerprint density at radius 3 is 2.82 bits per heavy atom. The maximum Gasteiger partial charge on any atom is 0.140 e. The summed E-state index contributed by atoms with van der Waals surface area (Å²) in [7, 11) is 0. The molecule has 4 heteroatoms. The van der Waals surface area contributed by atoms with Crippen molar-refractivity contribution in [1.29, 1.82) is 5.26 Å². The Balaban J connectivity index is 2.00. The number of aromatic nitrogens is 1. The number of nitriles is 1. The molecule has 0 unspecified atom stereocenters. The summed E-state index contributed by atoms with van der Waals surface area (Å²) in [5.74, 6) is 0.656. The van der Waals surface area contributed by atoms with Gasteiger partial charge in [0.25, 0.3) is 0 Å². The molecule has 3 nitrogen and oxygen atoms in total. The number of pyridine rings is 1. The lowest BCUT2D eigenvalue weighted by molar-refractivity contribution is 0.305. The van der Waals surface area contributed by atoms with Crippen LogP contribution in [0.15, 0.2) is 47.1 Å². The Morgan fingerprint density at radius 1 is 1.29 bits per heavy atom. The monoisotopic (exact) mass is 288 g/mol. The van der Waals surface area contributed by atoms with Crippen molar-refractivity contribution < 1.29 is 4.74 Å². The van der Waals surface area contributed by atoms with Gasteiger partial charge >= 0.3 is 0 Å². The first-order valence-electron chi connectivity index (χ1n) is 5.01. The highest BCUT2D eigenvalue weighted by Crippen LogP contribution is 2.15. The maximum absolute atomic E-state index is 8.61. The molecule has 0 amide bonds. The molecule has 84 valence electrons. The Morgan fingerprint density at radius 2 is 2.18 bits per heavy atom. The molecule has 0 saturated carbocycles. The first-order chi connectivity index (χ1) is 8.28. The number of rotatable bonds is 3. The summed E-state index contributed by atoms with van der Waals surface area (Å²) >= 11 is 3.40. The van der Waals surface area contributed by atoms with E-state index in [1.54, 1.807) is 18.3 Å². The van der Waals surface area contributed by atoms with E-state index in [9.17, 15) is 0 Å². The molecule has 1 aromatic heterocycles. The van der Waals surface area contributed by atoms with E-state index in [1.165, 1.54) is 0 Å².